The number of nitrogens with zero attached hydrogens (tertiary/aromatic N) is 1. The molecule has 2 amide bonds. The molecule has 0 bridgehead atoms. The molecule has 0 saturated carbocycles. The molecule has 0 spiro atoms. The molecule has 0 radical (unpaired) electrons. The monoisotopic (exact) mass is 415 g/mol. The van der Waals surface area contributed by atoms with Gasteiger partial charge in [-0.2, -0.15) is 0 Å². The molecule has 0 aliphatic carbocycles. The van der Waals surface area contributed by atoms with Crippen LogP contribution in [0.15, 0.2) is 72.8 Å². The van der Waals surface area contributed by atoms with Gasteiger partial charge in [0.05, 0.1) is 16.2 Å². The lowest BCUT2D eigenvalue weighted by Gasteiger charge is -2.11. The van der Waals surface area contributed by atoms with E-state index < -0.39 is 10.8 Å². The Morgan fingerprint density at radius 3 is 2.29 bits per heavy atom. The van der Waals surface area contributed by atoms with Crippen LogP contribution in [0.3, 0.4) is 0 Å². The van der Waals surface area contributed by atoms with Gasteiger partial charge in [0, 0.05) is 23.9 Å². The Labute approximate surface area is 179 Å². The fourth-order valence-corrected chi connectivity index (χ4v) is 2.86. The van der Waals surface area contributed by atoms with Crippen LogP contribution in [0.2, 0.25) is 0 Å². The summed E-state index contributed by atoms with van der Waals surface area (Å²) in [5.74, 6) is -0.761. The van der Waals surface area contributed by atoms with E-state index in [-0.39, 0.29) is 11.6 Å². The summed E-state index contributed by atoms with van der Waals surface area (Å²) in [7, 11) is 0. The lowest BCUT2D eigenvalue weighted by atomic mass is 10.1. The van der Waals surface area contributed by atoms with Crippen molar-refractivity contribution in [1.29, 1.82) is 0 Å². The highest BCUT2D eigenvalue weighted by atomic mass is 16.6. The first kappa shape index (κ1) is 21.4. The largest absolute Gasteiger partial charge is 0.322 e. The van der Waals surface area contributed by atoms with Crippen molar-refractivity contribution in [3.8, 4) is 0 Å². The predicted octanol–water partition coefficient (Wildman–Crippen LogP) is 5.12. The Balaban J connectivity index is 1.70. The molecule has 0 aromatic heterocycles. The molecule has 7 nitrogen and oxygen atoms in total. The number of anilines is 2. The van der Waals surface area contributed by atoms with Crippen molar-refractivity contribution in [1.82, 2.24) is 0 Å². The molecule has 156 valence electrons. The third-order valence-electron chi connectivity index (χ3n) is 4.73. The van der Waals surface area contributed by atoms with Crippen LogP contribution in [0, 0.1) is 24.0 Å². The summed E-state index contributed by atoms with van der Waals surface area (Å²) in [6.45, 7) is 3.96. The van der Waals surface area contributed by atoms with Gasteiger partial charge in [-0.25, -0.2) is 0 Å². The highest BCUT2D eigenvalue weighted by molar-refractivity contribution is 6.11. The Kier molecular flexibility index (Phi) is 6.57. The van der Waals surface area contributed by atoms with Crippen molar-refractivity contribution < 1.29 is 14.5 Å². The number of nitro benzene ring substituents is 1. The predicted molar refractivity (Wildman–Crippen MR) is 121 cm³/mol. The van der Waals surface area contributed by atoms with Gasteiger partial charge in [-0.15, -0.1) is 0 Å². The van der Waals surface area contributed by atoms with E-state index in [1.54, 1.807) is 36.4 Å². The number of para-hydroxylation sites is 1. The zero-order valence-electron chi connectivity index (χ0n) is 17.1. The molecule has 0 aliphatic heterocycles. The van der Waals surface area contributed by atoms with Crippen molar-refractivity contribution in [2.45, 2.75) is 13.8 Å². The molecule has 0 saturated heterocycles. The molecule has 0 atom stereocenters. The minimum absolute atomic E-state index is 0.0229. The van der Waals surface area contributed by atoms with Crippen molar-refractivity contribution >= 4 is 35.0 Å². The van der Waals surface area contributed by atoms with Gasteiger partial charge in [-0.3, -0.25) is 19.7 Å². The van der Waals surface area contributed by atoms with Crippen LogP contribution in [0.25, 0.3) is 6.08 Å². The quantitative estimate of drug-likeness (QED) is 0.332. The fraction of sp³-hybridized carbons (Fsp3) is 0.0833. The molecular weight excluding hydrogens is 394 g/mol. The third-order valence-corrected chi connectivity index (χ3v) is 4.73. The van der Waals surface area contributed by atoms with E-state index in [1.165, 1.54) is 24.3 Å². The molecule has 3 rings (SSSR count). The Bertz CT molecular complexity index is 1170. The van der Waals surface area contributed by atoms with E-state index in [9.17, 15) is 19.7 Å². The number of rotatable bonds is 6. The maximum absolute atomic E-state index is 12.7. The normalized spacial score (nSPS) is 10.6. The lowest BCUT2D eigenvalue weighted by molar-refractivity contribution is -0.384. The number of carbonyl (C=O) groups is 2. The van der Waals surface area contributed by atoms with Gasteiger partial charge in [0.25, 0.3) is 11.6 Å². The number of nitrogens with one attached hydrogen (secondary N) is 2. The average molecular weight is 415 g/mol. The van der Waals surface area contributed by atoms with E-state index in [0.717, 1.165) is 11.1 Å². The first-order valence-corrected chi connectivity index (χ1v) is 9.54. The van der Waals surface area contributed by atoms with Crippen molar-refractivity contribution in [2.75, 3.05) is 10.6 Å². The van der Waals surface area contributed by atoms with Crippen LogP contribution in [0.5, 0.6) is 0 Å². The number of hydrogen-bond donors (Lipinski definition) is 2. The van der Waals surface area contributed by atoms with Crippen LogP contribution >= 0.6 is 0 Å². The summed E-state index contributed by atoms with van der Waals surface area (Å²) in [6.07, 6.45) is 2.84. The number of aryl methyl sites for hydroxylation is 2. The number of hydrogen-bond acceptors (Lipinski definition) is 4. The molecule has 0 unspecified atom stereocenters. The SMILES string of the molecule is Cc1ccc(NC(=O)c2ccccc2NC(=O)/C=C/c2ccc([N+](=O)[O-])cc2)cc1C. The number of non-ortho nitro benzene ring substituents is 1. The number of nitro groups is 1. The Hall–Kier alpha value is -4.26. The highest BCUT2D eigenvalue weighted by Crippen LogP contribution is 2.20. The first-order valence-electron chi connectivity index (χ1n) is 9.54. The second-order valence-corrected chi connectivity index (χ2v) is 6.97. The van der Waals surface area contributed by atoms with Gasteiger partial charge in [-0.05, 0) is 73.0 Å². The van der Waals surface area contributed by atoms with Gasteiger partial charge < -0.3 is 10.6 Å². The molecule has 0 aliphatic rings. The molecular formula is C24H21N3O4. The molecule has 0 heterocycles. The van der Waals surface area contributed by atoms with Crippen LogP contribution < -0.4 is 10.6 Å². The van der Waals surface area contributed by atoms with Gasteiger partial charge in [0.1, 0.15) is 0 Å². The van der Waals surface area contributed by atoms with Crippen molar-refractivity contribution in [2.24, 2.45) is 0 Å². The van der Waals surface area contributed by atoms with Crippen molar-refractivity contribution in [3.05, 3.63) is 105 Å². The highest BCUT2D eigenvalue weighted by Gasteiger charge is 2.13. The van der Waals surface area contributed by atoms with Gasteiger partial charge in [-0.1, -0.05) is 18.2 Å². The second-order valence-electron chi connectivity index (χ2n) is 6.97. The maximum atomic E-state index is 12.7. The first-order chi connectivity index (χ1) is 14.8. The summed E-state index contributed by atoms with van der Waals surface area (Å²) in [4.78, 5) is 35.3. The summed E-state index contributed by atoms with van der Waals surface area (Å²) < 4.78 is 0. The summed E-state index contributed by atoms with van der Waals surface area (Å²) in [5, 5.41) is 16.3. The van der Waals surface area contributed by atoms with Gasteiger partial charge in [0.15, 0.2) is 0 Å². The molecule has 3 aromatic carbocycles. The van der Waals surface area contributed by atoms with Gasteiger partial charge in [0.2, 0.25) is 5.91 Å². The lowest BCUT2D eigenvalue weighted by Crippen LogP contribution is -2.17. The topological polar surface area (TPSA) is 101 Å². The summed E-state index contributed by atoms with van der Waals surface area (Å²) >= 11 is 0. The molecule has 31 heavy (non-hydrogen) atoms. The number of benzene rings is 3. The van der Waals surface area contributed by atoms with E-state index in [0.29, 0.717) is 22.5 Å². The second kappa shape index (κ2) is 9.49. The molecule has 0 fully saturated rings. The van der Waals surface area contributed by atoms with Gasteiger partial charge >= 0.3 is 0 Å². The van der Waals surface area contributed by atoms with Crippen LogP contribution in [0.1, 0.15) is 27.0 Å². The third kappa shape index (κ3) is 5.63. The average Bonchev–Trinajstić information content (AvgIpc) is 2.75. The van der Waals surface area contributed by atoms with Crippen LogP contribution in [0.4, 0.5) is 17.1 Å². The van der Waals surface area contributed by atoms with E-state index >= 15 is 0 Å². The molecule has 7 heteroatoms. The van der Waals surface area contributed by atoms with Crippen molar-refractivity contribution in [3.63, 3.8) is 0 Å². The van der Waals surface area contributed by atoms with Crippen LogP contribution in [-0.2, 0) is 4.79 Å². The molecule has 3 aromatic rings. The Morgan fingerprint density at radius 2 is 1.61 bits per heavy atom. The minimum Gasteiger partial charge on any atom is -0.322 e. The number of carbonyl (C=O) groups excluding carboxylic acids is 2. The zero-order valence-corrected chi connectivity index (χ0v) is 17.1. The molecule has 2 N–H and O–H groups in total. The minimum atomic E-state index is -0.486. The fourth-order valence-electron chi connectivity index (χ4n) is 2.86. The summed E-state index contributed by atoms with van der Waals surface area (Å²) in [5.41, 5.74) is 4.19. The smallest absolute Gasteiger partial charge is 0.269 e. The standard InChI is InChI=1S/C24H21N3O4/c1-16-7-11-19(15-17(16)2)25-24(29)21-5-3-4-6-22(21)26-23(28)14-10-18-8-12-20(13-9-18)27(30)31/h3-15H,1-2H3,(H,25,29)(H,26,28)/b14-10+. The maximum Gasteiger partial charge on any atom is 0.269 e. The zero-order chi connectivity index (χ0) is 22.4. The van der Waals surface area contributed by atoms with E-state index in [2.05, 4.69) is 10.6 Å². The Morgan fingerprint density at radius 1 is 0.903 bits per heavy atom. The van der Waals surface area contributed by atoms with E-state index in [4.69, 9.17) is 0 Å². The number of amides is 2. The van der Waals surface area contributed by atoms with Crippen LogP contribution in [-0.4, -0.2) is 16.7 Å². The van der Waals surface area contributed by atoms with E-state index in [1.807, 2.05) is 32.0 Å². The summed E-state index contributed by atoms with van der Waals surface area (Å²) in [6, 6.07) is 18.2.